The van der Waals surface area contributed by atoms with Crippen LogP contribution in [-0.2, 0) is 13.7 Å². The lowest BCUT2D eigenvalue weighted by atomic mass is 11.3. The van der Waals surface area contributed by atoms with Crippen LogP contribution in [-0.4, -0.2) is 25.8 Å². The van der Waals surface area contributed by atoms with Crippen LogP contribution in [0.2, 0.25) is 0 Å². The van der Waals surface area contributed by atoms with Crippen molar-refractivity contribution in [1.29, 1.82) is 0 Å². The van der Waals surface area contributed by atoms with Gasteiger partial charge in [0.15, 0.2) is 5.94 Å². The van der Waals surface area contributed by atoms with Crippen molar-refractivity contribution in [3.8, 4) is 0 Å². The van der Waals surface area contributed by atoms with Crippen molar-refractivity contribution in [2.45, 2.75) is 6.61 Å². The quantitative estimate of drug-likeness (QED) is 0.290. The van der Waals surface area contributed by atoms with E-state index >= 15 is 0 Å². The normalized spacial score (nSPS) is 9.82. The molecule has 0 aromatic carbocycles. The molecule has 0 N–H and O–H groups in total. The molecule has 0 unspecified atom stereocenters. The summed E-state index contributed by atoms with van der Waals surface area (Å²) in [5.41, 5.74) is 0. The Kier molecular flexibility index (Phi) is 5.86. The minimum absolute atomic E-state index is 0.322. The fraction of sp³-hybridized carbons (Fsp3) is 0.750. The molecule has 0 radical (unpaired) electrons. The number of halogens is 2. The topological polar surface area (TPSA) is 44.8 Å². The number of methoxy groups -OCH3 is 1. The van der Waals surface area contributed by atoms with Gasteiger partial charge in [0.2, 0.25) is 0 Å². The van der Waals surface area contributed by atoms with Crippen LogP contribution in [0.5, 0.6) is 0 Å². The second-order valence-electron chi connectivity index (χ2n) is 1.19. The Morgan fingerprint density at radius 2 is 2.27 bits per heavy atom. The lowest BCUT2D eigenvalue weighted by Crippen LogP contribution is -2.04. The average Bonchev–Trinajstić information content (AvgIpc) is 1.97. The molecule has 4 nitrogen and oxygen atoms in total. The van der Waals surface area contributed by atoms with Gasteiger partial charge in [0, 0.05) is 12.0 Å². The van der Waals surface area contributed by atoms with Crippen LogP contribution >= 0.6 is 12.0 Å². The van der Waals surface area contributed by atoms with Gasteiger partial charge in [-0.1, -0.05) is 0 Å². The Balaban J connectivity index is 3.08. The summed E-state index contributed by atoms with van der Waals surface area (Å²) in [7, 11) is 1.11. The molecule has 0 aliphatic heterocycles. The molecule has 0 amide bonds. The standard InChI is InChI=1S/C4H6F2O4S/c1-8-4(7)9-2-11-10-3(5)6/h3H,2H2,1H3. The van der Waals surface area contributed by atoms with Gasteiger partial charge in [-0.2, -0.15) is 8.78 Å². The van der Waals surface area contributed by atoms with Crippen molar-refractivity contribution in [3.05, 3.63) is 0 Å². The summed E-state index contributed by atoms with van der Waals surface area (Å²) in [5, 5.41) is 0. The van der Waals surface area contributed by atoms with E-state index in [0.29, 0.717) is 12.0 Å². The second-order valence-corrected chi connectivity index (χ2v) is 1.85. The fourth-order valence-electron chi connectivity index (χ4n) is 0.210. The van der Waals surface area contributed by atoms with E-state index < -0.39 is 12.8 Å². The van der Waals surface area contributed by atoms with Crippen LogP contribution in [0.25, 0.3) is 0 Å². The van der Waals surface area contributed by atoms with Crippen molar-refractivity contribution in [3.63, 3.8) is 0 Å². The van der Waals surface area contributed by atoms with E-state index in [0.717, 1.165) is 7.11 Å². The Hall–Kier alpha value is -0.560. The van der Waals surface area contributed by atoms with E-state index in [-0.39, 0.29) is 5.94 Å². The molecule has 7 heteroatoms. The molecule has 66 valence electrons. The summed E-state index contributed by atoms with van der Waals surface area (Å²) in [5.74, 6) is -0.322. The predicted molar refractivity (Wildman–Crippen MR) is 33.0 cm³/mol. The second kappa shape index (κ2) is 6.17. The van der Waals surface area contributed by atoms with E-state index in [9.17, 15) is 13.6 Å². The molecule has 0 heterocycles. The number of ether oxygens (including phenoxy) is 2. The van der Waals surface area contributed by atoms with E-state index in [4.69, 9.17) is 0 Å². The first kappa shape index (κ1) is 10.4. The molecule has 0 saturated heterocycles. The first-order valence-electron chi connectivity index (χ1n) is 2.44. The molecule has 0 aromatic rings. The number of alkyl halides is 2. The van der Waals surface area contributed by atoms with E-state index in [1.165, 1.54) is 0 Å². The van der Waals surface area contributed by atoms with Gasteiger partial charge in [0.25, 0.3) is 0 Å². The number of carbonyl (C=O) groups excluding carboxylic acids is 1. The zero-order valence-electron chi connectivity index (χ0n) is 5.58. The Labute approximate surface area is 66.0 Å². The lowest BCUT2D eigenvalue weighted by Gasteiger charge is -2.01. The van der Waals surface area contributed by atoms with Gasteiger partial charge in [-0.15, -0.1) is 0 Å². The summed E-state index contributed by atoms with van der Waals surface area (Å²) in [4.78, 5) is 10.2. The summed E-state index contributed by atoms with van der Waals surface area (Å²) >= 11 is 0.332. The number of hydrogen-bond donors (Lipinski definition) is 0. The van der Waals surface area contributed by atoms with Gasteiger partial charge in [0.05, 0.1) is 7.11 Å². The molecule has 0 fully saturated rings. The SMILES string of the molecule is COC(=O)OCSOC(F)F. The summed E-state index contributed by atoms with van der Waals surface area (Å²) in [6.07, 6.45) is -0.935. The molecule has 0 aromatic heterocycles. The van der Waals surface area contributed by atoms with E-state index in [1.807, 2.05) is 0 Å². The third kappa shape index (κ3) is 7.34. The zero-order chi connectivity index (χ0) is 8.69. The van der Waals surface area contributed by atoms with E-state index in [2.05, 4.69) is 13.7 Å². The van der Waals surface area contributed by atoms with Gasteiger partial charge in [-0.25, -0.2) is 8.98 Å². The van der Waals surface area contributed by atoms with Crippen molar-refractivity contribution in [2.24, 2.45) is 0 Å². The van der Waals surface area contributed by atoms with Crippen LogP contribution in [0.3, 0.4) is 0 Å². The molecule has 0 aliphatic carbocycles. The summed E-state index contributed by atoms with van der Waals surface area (Å²) < 4.78 is 34.4. The maximum absolute atomic E-state index is 11.2. The highest BCUT2D eigenvalue weighted by Gasteiger charge is 2.04. The van der Waals surface area contributed by atoms with Gasteiger partial charge in [-0.3, -0.25) is 0 Å². The molecule has 0 saturated carbocycles. The van der Waals surface area contributed by atoms with Crippen molar-refractivity contribution >= 4 is 18.2 Å². The summed E-state index contributed by atoms with van der Waals surface area (Å²) in [6, 6.07) is 0. The van der Waals surface area contributed by atoms with Crippen LogP contribution in [0.15, 0.2) is 0 Å². The molecule has 11 heavy (non-hydrogen) atoms. The molecular weight excluding hydrogens is 182 g/mol. The van der Waals surface area contributed by atoms with Gasteiger partial charge in [0.1, 0.15) is 0 Å². The highest BCUT2D eigenvalue weighted by molar-refractivity contribution is 7.94. The molecule has 0 atom stereocenters. The fourth-order valence-corrected chi connectivity index (χ4v) is 0.513. The smallest absolute Gasteiger partial charge is 0.438 e. The van der Waals surface area contributed by atoms with Crippen molar-refractivity contribution in [2.75, 3.05) is 13.0 Å². The lowest BCUT2D eigenvalue weighted by molar-refractivity contribution is -0.0362. The average molecular weight is 188 g/mol. The predicted octanol–water partition coefficient (Wildman–Crippen LogP) is 1.61. The third-order valence-corrected chi connectivity index (χ3v) is 1.03. The molecule has 0 spiro atoms. The number of carbonyl (C=O) groups is 1. The Morgan fingerprint density at radius 3 is 2.73 bits per heavy atom. The maximum Gasteiger partial charge on any atom is 0.508 e. The molecular formula is C4H6F2O4S. The molecule has 0 bridgehead atoms. The van der Waals surface area contributed by atoms with Crippen molar-refractivity contribution < 1.29 is 27.2 Å². The highest BCUT2D eigenvalue weighted by Crippen LogP contribution is 2.09. The van der Waals surface area contributed by atoms with Crippen molar-refractivity contribution in [1.82, 2.24) is 0 Å². The van der Waals surface area contributed by atoms with Crippen LogP contribution in [0.1, 0.15) is 0 Å². The molecule has 0 aliphatic rings. The monoisotopic (exact) mass is 188 g/mol. The number of rotatable bonds is 4. The van der Waals surface area contributed by atoms with Gasteiger partial charge >= 0.3 is 12.8 Å². The first-order valence-corrected chi connectivity index (χ1v) is 3.35. The third-order valence-electron chi connectivity index (χ3n) is 0.532. The van der Waals surface area contributed by atoms with Gasteiger partial charge in [-0.05, 0) is 0 Å². The zero-order valence-corrected chi connectivity index (χ0v) is 6.40. The van der Waals surface area contributed by atoms with E-state index in [1.54, 1.807) is 0 Å². The Morgan fingerprint density at radius 1 is 1.64 bits per heavy atom. The summed E-state index contributed by atoms with van der Waals surface area (Å²) in [6.45, 7) is -2.87. The van der Waals surface area contributed by atoms with Crippen LogP contribution < -0.4 is 0 Å². The van der Waals surface area contributed by atoms with Crippen LogP contribution in [0.4, 0.5) is 13.6 Å². The largest absolute Gasteiger partial charge is 0.508 e. The Bertz CT molecular complexity index is 121. The van der Waals surface area contributed by atoms with Gasteiger partial charge < -0.3 is 9.47 Å². The minimum atomic E-state index is -2.87. The van der Waals surface area contributed by atoms with Crippen LogP contribution in [0, 0.1) is 0 Å². The highest BCUT2D eigenvalue weighted by atomic mass is 32.2. The molecule has 0 rings (SSSR count). The number of hydrogen-bond acceptors (Lipinski definition) is 5. The minimum Gasteiger partial charge on any atom is -0.438 e. The maximum atomic E-state index is 11.2. The first-order chi connectivity index (χ1) is 5.16.